The molecule has 1 aromatic heterocycles. The minimum Gasteiger partial charge on any atom is -0.456 e. The number of fused-ring (bicyclic) bond motifs is 1. The van der Waals surface area contributed by atoms with Crippen LogP contribution >= 0.6 is 24.8 Å². The Kier molecular flexibility index (Phi) is 9.46. The second-order valence-electron chi connectivity index (χ2n) is 6.31. The van der Waals surface area contributed by atoms with Crippen LogP contribution in [0.2, 0.25) is 0 Å². The molecule has 0 bridgehead atoms. The van der Waals surface area contributed by atoms with Gasteiger partial charge in [-0.25, -0.2) is 4.39 Å². The van der Waals surface area contributed by atoms with Crippen molar-refractivity contribution in [2.24, 2.45) is 0 Å². The summed E-state index contributed by atoms with van der Waals surface area (Å²) < 4.78 is 19.1. The Bertz CT molecular complexity index is 873. The zero-order valence-electron chi connectivity index (χ0n) is 16.1. The number of aryl methyl sites for hydroxylation is 1. The third-order valence-corrected chi connectivity index (χ3v) is 4.36. The minimum atomic E-state index is -0.287. The van der Waals surface area contributed by atoms with Gasteiger partial charge in [0.15, 0.2) is 0 Å². The van der Waals surface area contributed by atoms with Gasteiger partial charge in [-0.3, -0.25) is 4.98 Å². The Labute approximate surface area is 178 Å². The van der Waals surface area contributed by atoms with E-state index in [2.05, 4.69) is 27.8 Å². The van der Waals surface area contributed by atoms with E-state index in [9.17, 15) is 4.39 Å². The number of halogens is 3. The lowest BCUT2D eigenvalue weighted by Gasteiger charge is -2.30. The molecule has 1 N–H and O–H groups in total. The Morgan fingerprint density at radius 3 is 2.61 bits per heavy atom. The van der Waals surface area contributed by atoms with Crippen LogP contribution in [0.5, 0.6) is 5.75 Å². The maximum atomic E-state index is 13.0. The number of benzene rings is 1. The minimum absolute atomic E-state index is 0. The number of aromatic nitrogens is 1. The molecular formula is C21H26Cl2FN3O. The standard InChI is InChI=1S/C21H24FN3O.2ClH/c1-4-17(9-8-16(3)22)26-21-15(2)14-24-20-18(21)6-5-7-19(20)25-12-10-23-11-13-25;;/h4-9,14,23H,1,10-13H2,2-3H3;2*1H/b16-8-,17-9+;;. The molecule has 0 saturated carbocycles. The SMILES string of the molecule is C=C/C(=C\C=C(\C)F)Oc1c(C)cnc2c(N3CCNCC3)cccc12.Cl.Cl. The van der Waals surface area contributed by atoms with E-state index in [0.717, 1.165) is 54.1 Å². The summed E-state index contributed by atoms with van der Waals surface area (Å²) >= 11 is 0. The summed E-state index contributed by atoms with van der Waals surface area (Å²) in [6.45, 7) is 10.9. The first-order valence-electron chi connectivity index (χ1n) is 8.78. The molecule has 3 rings (SSSR count). The third-order valence-electron chi connectivity index (χ3n) is 4.36. The number of hydrogen-bond acceptors (Lipinski definition) is 4. The fourth-order valence-electron chi connectivity index (χ4n) is 3.04. The molecule has 28 heavy (non-hydrogen) atoms. The number of piperazine rings is 1. The molecule has 0 unspecified atom stereocenters. The fraction of sp³-hybridized carbons (Fsp3) is 0.286. The Morgan fingerprint density at radius 2 is 1.96 bits per heavy atom. The van der Waals surface area contributed by atoms with Crippen molar-refractivity contribution in [2.75, 3.05) is 31.1 Å². The van der Waals surface area contributed by atoms with E-state index in [1.165, 1.54) is 13.0 Å². The van der Waals surface area contributed by atoms with Gasteiger partial charge in [0, 0.05) is 43.3 Å². The number of rotatable bonds is 5. The van der Waals surface area contributed by atoms with Crippen LogP contribution < -0.4 is 15.0 Å². The summed E-state index contributed by atoms with van der Waals surface area (Å²) in [6.07, 6.45) is 6.34. The van der Waals surface area contributed by atoms with Gasteiger partial charge < -0.3 is 15.0 Å². The van der Waals surface area contributed by atoms with Crippen molar-refractivity contribution in [3.63, 3.8) is 0 Å². The molecule has 152 valence electrons. The molecule has 2 aromatic rings. The molecule has 4 nitrogen and oxygen atoms in total. The van der Waals surface area contributed by atoms with Crippen molar-refractivity contribution < 1.29 is 9.13 Å². The summed E-state index contributed by atoms with van der Waals surface area (Å²) in [6, 6.07) is 6.13. The molecule has 0 spiro atoms. The lowest BCUT2D eigenvalue weighted by atomic mass is 10.1. The highest BCUT2D eigenvalue weighted by Gasteiger charge is 2.17. The number of anilines is 1. The molecule has 1 saturated heterocycles. The van der Waals surface area contributed by atoms with E-state index in [1.807, 2.05) is 25.3 Å². The van der Waals surface area contributed by atoms with Gasteiger partial charge in [-0.05, 0) is 44.2 Å². The second-order valence-corrected chi connectivity index (χ2v) is 6.31. The monoisotopic (exact) mass is 425 g/mol. The molecule has 0 aliphatic carbocycles. The van der Waals surface area contributed by atoms with E-state index in [1.54, 1.807) is 12.2 Å². The van der Waals surface area contributed by atoms with Crippen LogP contribution in [-0.2, 0) is 0 Å². The number of ether oxygens (including phenoxy) is 1. The Hall–Kier alpha value is -2.08. The lowest BCUT2D eigenvalue weighted by molar-refractivity contribution is 0.446. The molecule has 1 aliphatic heterocycles. The van der Waals surface area contributed by atoms with Crippen molar-refractivity contribution >= 4 is 41.4 Å². The smallest absolute Gasteiger partial charge is 0.141 e. The predicted molar refractivity (Wildman–Crippen MR) is 120 cm³/mol. The van der Waals surface area contributed by atoms with Crippen LogP contribution in [0, 0.1) is 6.92 Å². The van der Waals surface area contributed by atoms with E-state index in [-0.39, 0.29) is 30.6 Å². The largest absolute Gasteiger partial charge is 0.456 e. The second kappa shape index (κ2) is 11.1. The fourth-order valence-corrected chi connectivity index (χ4v) is 3.04. The lowest BCUT2D eigenvalue weighted by Crippen LogP contribution is -2.43. The van der Waals surface area contributed by atoms with Crippen LogP contribution in [0.25, 0.3) is 10.9 Å². The van der Waals surface area contributed by atoms with Crippen LogP contribution in [0.4, 0.5) is 10.1 Å². The zero-order valence-corrected chi connectivity index (χ0v) is 17.7. The molecule has 0 atom stereocenters. The number of pyridine rings is 1. The number of hydrogen-bond donors (Lipinski definition) is 1. The number of allylic oxidation sites excluding steroid dienone is 4. The van der Waals surface area contributed by atoms with Crippen molar-refractivity contribution in [1.29, 1.82) is 0 Å². The van der Waals surface area contributed by atoms with Crippen LogP contribution in [0.1, 0.15) is 12.5 Å². The number of para-hydroxylation sites is 1. The van der Waals surface area contributed by atoms with Gasteiger partial charge in [0.25, 0.3) is 0 Å². The first kappa shape index (κ1) is 24.0. The highest BCUT2D eigenvalue weighted by Crippen LogP contribution is 2.34. The van der Waals surface area contributed by atoms with Gasteiger partial charge in [0.2, 0.25) is 0 Å². The molecule has 1 fully saturated rings. The topological polar surface area (TPSA) is 37.4 Å². The molecule has 1 aromatic carbocycles. The molecule has 0 radical (unpaired) electrons. The molecule has 1 aliphatic rings. The highest BCUT2D eigenvalue weighted by atomic mass is 35.5. The van der Waals surface area contributed by atoms with Gasteiger partial charge >= 0.3 is 0 Å². The van der Waals surface area contributed by atoms with E-state index < -0.39 is 0 Å². The van der Waals surface area contributed by atoms with Gasteiger partial charge in [0.1, 0.15) is 11.5 Å². The third kappa shape index (κ3) is 5.47. The number of nitrogens with zero attached hydrogens (tertiary/aromatic N) is 2. The molecule has 2 heterocycles. The normalized spacial score (nSPS) is 14.9. The van der Waals surface area contributed by atoms with Crippen molar-refractivity contribution in [2.45, 2.75) is 13.8 Å². The predicted octanol–water partition coefficient (Wildman–Crippen LogP) is 5.12. The summed E-state index contributed by atoms with van der Waals surface area (Å²) in [7, 11) is 0. The summed E-state index contributed by atoms with van der Waals surface area (Å²) in [5.74, 6) is 0.929. The Balaban J connectivity index is 0.00000196. The van der Waals surface area contributed by atoms with E-state index in [4.69, 9.17) is 4.74 Å². The highest BCUT2D eigenvalue weighted by molar-refractivity contribution is 5.95. The zero-order chi connectivity index (χ0) is 18.5. The van der Waals surface area contributed by atoms with E-state index in [0.29, 0.717) is 5.76 Å². The molecule has 0 amide bonds. The number of nitrogens with one attached hydrogen (secondary N) is 1. The van der Waals surface area contributed by atoms with Crippen molar-refractivity contribution in [3.05, 3.63) is 66.4 Å². The van der Waals surface area contributed by atoms with Crippen molar-refractivity contribution in [1.82, 2.24) is 10.3 Å². The van der Waals surface area contributed by atoms with Crippen LogP contribution in [0.15, 0.2) is 60.8 Å². The van der Waals surface area contributed by atoms with Crippen molar-refractivity contribution in [3.8, 4) is 5.75 Å². The van der Waals surface area contributed by atoms with E-state index >= 15 is 0 Å². The first-order chi connectivity index (χ1) is 12.6. The van der Waals surface area contributed by atoms with Gasteiger partial charge in [0.05, 0.1) is 17.0 Å². The maximum Gasteiger partial charge on any atom is 0.141 e. The van der Waals surface area contributed by atoms with Gasteiger partial charge in [-0.2, -0.15) is 0 Å². The summed E-state index contributed by atoms with van der Waals surface area (Å²) in [4.78, 5) is 7.00. The summed E-state index contributed by atoms with van der Waals surface area (Å²) in [5.41, 5.74) is 2.94. The molecular weight excluding hydrogens is 400 g/mol. The first-order valence-corrected chi connectivity index (χ1v) is 8.78. The maximum absolute atomic E-state index is 13.0. The molecule has 7 heteroatoms. The Morgan fingerprint density at radius 1 is 1.25 bits per heavy atom. The van der Waals surface area contributed by atoms with Crippen LogP contribution in [0.3, 0.4) is 0 Å². The average molecular weight is 426 g/mol. The summed E-state index contributed by atoms with van der Waals surface area (Å²) in [5, 5.41) is 4.31. The van der Waals surface area contributed by atoms with Crippen LogP contribution in [-0.4, -0.2) is 31.2 Å². The van der Waals surface area contributed by atoms with Gasteiger partial charge in [-0.1, -0.05) is 12.6 Å². The quantitative estimate of drug-likeness (QED) is 0.532. The average Bonchev–Trinajstić information content (AvgIpc) is 2.66. The van der Waals surface area contributed by atoms with Gasteiger partial charge in [-0.15, -0.1) is 24.8 Å².